The van der Waals surface area contributed by atoms with Gasteiger partial charge in [-0.2, -0.15) is 0 Å². The summed E-state index contributed by atoms with van der Waals surface area (Å²) in [5, 5.41) is 3.59. The van der Waals surface area contributed by atoms with Crippen molar-refractivity contribution in [3.05, 3.63) is 65.2 Å². The van der Waals surface area contributed by atoms with E-state index in [9.17, 15) is 0 Å². The van der Waals surface area contributed by atoms with Crippen LogP contribution in [0.3, 0.4) is 0 Å². The van der Waals surface area contributed by atoms with Crippen molar-refractivity contribution < 1.29 is 9.47 Å². The Morgan fingerprint density at radius 2 is 1.74 bits per heavy atom. The molecule has 0 radical (unpaired) electrons. The summed E-state index contributed by atoms with van der Waals surface area (Å²) in [6, 6.07) is 16.9. The Labute approximate surface area is 139 Å². The summed E-state index contributed by atoms with van der Waals surface area (Å²) in [5.41, 5.74) is 3.82. The standard InChI is InChI=1S/C20H27NO2/c1-4-22-13-14-23-20-12-8-7-11-19(20)17(3)21-15-18-10-6-5-9-16(18)2/h5-12,17,21H,4,13-15H2,1-3H3. The maximum absolute atomic E-state index is 5.87. The van der Waals surface area contributed by atoms with Crippen LogP contribution in [0, 0.1) is 6.92 Å². The molecule has 0 saturated heterocycles. The second-order valence-electron chi connectivity index (χ2n) is 5.61. The van der Waals surface area contributed by atoms with Gasteiger partial charge in [-0.1, -0.05) is 42.5 Å². The van der Waals surface area contributed by atoms with Gasteiger partial charge in [0, 0.05) is 24.8 Å². The van der Waals surface area contributed by atoms with Crippen LogP contribution in [0.1, 0.15) is 36.6 Å². The third-order valence-corrected chi connectivity index (χ3v) is 3.93. The Balaban J connectivity index is 1.96. The van der Waals surface area contributed by atoms with Crippen LogP contribution < -0.4 is 10.1 Å². The number of aryl methyl sites for hydroxylation is 1. The highest BCUT2D eigenvalue weighted by Crippen LogP contribution is 2.25. The fourth-order valence-corrected chi connectivity index (χ4v) is 2.51. The molecule has 1 unspecified atom stereocenters. The minimum atomic E-state index is 0.220. The zero-order valence-corrected chi connectivity index (χ0v) is 14.3. The summed E-state index contributed by atoms with van der Waals surface area (Å²) in [7, 11) is 0. The molecule has 0 aliphatic carbocycles. The number of para-hydroxylation sites is 1. The molecule has 0 fully saturated rings. The number of benzene rings is 2. The van der Waals surface area contributed by atoms with Crippen molar-refractivity contribution in [2.24, 2.45) is 0 Å². The molecule has 0 aromatic heterocycles. The summed E-state index contributed by atoms with van der Waals surface area (Å²) in [5.74, 6) is 0.928. The Kier molecular flexibility index (Phi) is 7.11. The van der Waals surface area contributed by atoms with Crippen molar-refractivity contribution in [1.29, 1.82) is 0 Å². The van der Waals surface area contributed by atoms with Gasteiger partial charge in [-0.15, -0.1) is 0 Å². The van der Waals surface area contributed by atoms with Gasteiger partial charge in [-0.05, 0) is 38.0 Å². The van der Waals surface area contributed by atoms with Crippen LogP contribution in [-0.4, -0.2) is 19.8 Å². The highest BCUT2D eigenvalue weighted by Gasteiger charge is 2.11. The quantitative estimate of drug-likeness (QED) is 0.702. The number of hydrogen-bond acceptors (Lipinski definition) is 3. The smallest absolute Gasteiger partial charge is 0.124 e. The third kappa shape index (κ3) is 5.38. The second kappa shape index (κ2) is 9.33. The highest BCUT2D eigenvalue weighted by atomic mass is 16.5. The molecule has 1 N–H and O–H groups in total. The number of nitrogens with one attached hydrogen (secondary N) is 1. The molecule has 0 aliphatic rings. The lowest BCUT2D eigenvalue weighted by Gasteiger charge is -2.19. The first-order chi connectivity index (χ1) is 11.2. The van der Waals surface area contributed by atoms with Crippen molar-refractivity contribution in [3.8, 4) is 5.75 Å². The molecule has 1 atom stereocenters. The number of rotatable bonds is 9. The van der Waals surface area contributed by atoms with Gasteiger partial charge < -0.3 is 14.8 Å². The van der Waals surface area contributed by atoms with E-state index in [0.29, 0.717) is 13.2 Å². The van der Waals surface area contributed by atoms with E-state index in [4.69, 9.17) is 9.47 Å². The van der Waals surface area contributed by atoms with E-state index >= 15 is 0 Å². The maximum Gasteiger partial charge on any atom is 0.124 e. The predicted octanol–water partition coefficient (Wildman–Crippen LogP) is 4.26. The van der Waals surface area contributed by atoms with E-state index in [-0.39, 0.29) is 6.04 Å². The molecule has 0 saturated carbocycles. The van der Waals surface area contributed by atoms with E-state index < -0.39 is 0 Å². The van der Waals surface area contributed by atoms with Crippen LogP contribution >= 0.6 is 0 Å². The van der Waals surface area contributed by atoms with Crippen molar-refractivity contribution in [2.45, 2.75) is 33.4 Å². The molecular weight excluding hydrogens is 286 g/mol. The van der Waals surface area contributed by atoms with Crippen LogP contribution in [0.15, 0.2) is 48.5 Å². The van der Waals surface area contributed by atoms with Crippen LogP contribution in [0.25, 0.3) is 0 Å². The first-order valence-corrected chi connectivity index (χ1v) is 8.29. The van der Waals surface area contributed by atoms with E-state index in [1.54, 1.807) is 0 Å². The maximum atomic E-state index is 5.87. The molecule has 2 aromatic rings. The molecule has 0 aliphatic heterocycles. The third-order valence-electron chi connectivity index (χ3n) is 3.93. The lowest BCUT2D eigenvalue weighted by atomic mass is 10.1. The summed E-state index contributed by atoms with van der Waals surface area (Å²) in [6.07, 6.45) is 0. The molecule has 3 heteroatoms. The lowest BCUT2D eigenvalue weighted by molar-refractivity contribution is 0.109. The topological polar surface area (TPSA) is 30.5 Å². The van der Waals surface area contributed by atoms with Gasteiger partial charge in [0.25, 0.3) is 0 Å². The molecule has 3 nitrogen and oxygen atoms in total. The highest BCUT2D eigenvalue weighted by molar-refractivity contribution is 5.36. The normalized spacial score (nSPS) is 12.1. The molecule has 0 spiro atoms. The van der Waals surface area contributed by atoms with Gasteiger partial charge in [0.15, 0.2) is 0 Å². The Bertz CT molecular complexity index is 598. The first kappa shape index (κ1) is 17.5. The Hall–Kier alpha value is -1.84. The molecule has 2 rings (SSSR count). The minimum absolute atomic E-state index is 0.220. The van der Waals surface area contributed by atoms with Crippen LogP contribution in [0.5, 0.6) is 5.75 Å². The van der Waals surface area contributed by atoms with E-state index in [0.717, 1.165) is 18.9 Å². The molecule has 2 aromatic carbocycles. The molecule has 124 valence electrons. The summed E-state index contributed by atoms with van der Waals surface area (Å²) >= 11 is 0. The van der Waals surface area contributed by atoms with E-state index in [1.807, 2.05) is 19.1 Å². The number of hydrogen-bond donors (Lipinski definition) is 1. The molecule has 0 amide bonds. The van der Waals surface area contributed by atoms with Crippen molar-refractivity contribution >= 4 is 0 Å². The van der Waals surface area contributed by atoms with Crippen molar-refractivity contribution in [2.75, 3.05) is 19.8 Å². The SMILES string of the molecule is CCOCCOc1ccccc1C(C)NCc1ccccc1C. The van der Waals surface area contributed by atoms with Crippen LogP contribution in [-0.2, 0) is 11.3 Å². The average molecular weight is 313 g/mol. The Morgan fingerprint density at radius 3 is 2.52 bits per heavy atom. The Morgan fingerprint density at radius 1 is 1.00 bits per heavy atom. The fourth-order valence-electron chi connectivity index (χ4n) is 2.51. The fraction of sp³-hybridized carbons (Fsp3) is 0.400. The lowest BCUT2D eigenvalue weighted by Crippen LogP contribution is -2.19. The molecule has 0 bridgehead atoms. The van der Waals surface area contributed by atoms with E-state index in [1.165, 1.54) is 16.7 Å². The van der Waals surface area contributed by atoms with Gasteiger partial charge in [0.1, 0.15) is 12.4 Å². The van der Waals surface area contributed by atoms with Gasteiger partial charge in [0.05, 0.1) is 6.61 Å². The van der Waals surface area contributed by atoms with Gasteiger partial charge in [-0.3, -0.25) is 0 Å². The number of ether oxygens (including phenoxy) is 2. The molecule has 23 heavy (non-hydrogen) atoms. The molecular formula is C20H27NO2. The monoisotopic (exact) mass is 313 g/mol. The van der Waals surface area contributed by atoms with Crippen molar-refractivity contribution in [3.63, 3.8) is 0 Å². The summed E-state index contributed by atoms with van der Waals surface area (Å²) < 4.78 is 11.2. The minimum Gasteiger partial charge on any atom is -0.491 e. The average Bonchev–Trinajstić information content (AvgIpc) is 2.58. The summed E-state index contributed by atoms with van der Waals surface area (Å²) in [4.78, 5) is 0. The zero-order valence-electron chi connectivity index (χ0n) is 14.3. The van der Waals surface area contributed by atoms with Crippen molar-refractivity contribution in [1.82, 2.24) is 5.32 Å². The van der Waals surface area contributed by atoms with Gasteiger partial charge in [-0.25, -0.2) is 0 Å². The van der Waals surface area contributed by atoms with Crippen LogP contribution in [0.2, 0.25) is 0 Å². The first-order valence-electron chi connectivity index (χ1n) is 8.29. The van der Waals surface area contributed by atoms with Crippen LogP contribution in [0.4, 0.5) is 0 Å². The van der Waals surface area contributed by atoms with Gasteiger partial charge in [0.2, 0.25) is 0 Å². The largest absolute Gasteiger partial charge is 0.491 e. The van der Waals surface area contributed by atoms with Gasteiger partial charge >= 0.3 is 0 Å². The molecule has 0 heterocycles. The predicted molar refractivity (Wildman–Crippen MR) is 94.9 cm³/mol. The second-order valence-corrected chi connectivity index (χ2v) is 5.61. The van der Waals surface area contributed by atoms with E-state index in [2.05, 4.69) is 55.6 Å². The zero-order chi connectivity index (χ0) is 16.5. The summed E-state index contributed by atoms with van der Waals surface area (Å²) in [6.45, 7) is 9.08.